The molecular formula is C16H17N5O4. The van der Waals surface area contributed by atoms with Crippen molar-refractivity contribution in [3.8, 4) is 0 Å². The van der Waals surface area contributed by atoms with Gasteiger partial charge in [0.05, 0.1) is 17.5 Å². The van der Waals surface area contributed by atoms with Crippen LogP contribution in [0.25, 0.3) is 10.8 Å². The fourth-order valence-electron chi connectivity index (χ4n) is 2.36. The molecule has 0 aliphatic heterocycles. The molecule has 25 heavy (non-hydrogen) atoms. The predicted octanol–water partition coefficient (Wildman–Crippen LogP) is -1.10. The number of rotatable bonds is 3. The van der Waals surface area contributed by atoms with E-state index >= 15 is 0 Å². The molecule has 3 rings (SSSR count). The Hall–Kier alpha value is -3.23. The van der Waals surface area contributed by atoms with Crippen LogP contribution in [0.1, 0.15) is 18.5 Å². The van der Waals surface area contributed by atoms with E-state index in [0.29, 0.717) is 16.5 Å². The van der Waals surface area contributed by atoms with Gasteiger partial charge >= 0.3 is 11.8 Å². The third kappa shape index (κ3) is 3.82. The van der Waals surface area contributed by atoms with Crippen molar-refractivity contribution in [2.24, 2.45) is 7.05 Å². The molecule has 130 valence electrons. The molecule has 1 aromatic heterocycles. The van der Waals surface area contributed by atoms with Crippen LogP contribution in [0, 0.1) is 0 Å². The molecule has 9 nitrogen and oxygen atoms in total. The van der Waals surface area contributed by atoms with Crippen molar-refractivity contribution in [1.29, 1.82) is 0 Å². The van der Waals surface area contributed by atoms with Crippen molar-refractivity contribution in [3.63, 3.8) is 0 Å². The van der Waals surface area contributed by atoms with Crippen LogP contribution in [-0.2, 0) is 27.9 Å². The summed E-state index contributed by atoms with van der Waals surface area (Å²) in [6, 6.07) is 6.88. The van der Waals surface area contributed by atoms with Gasteiger partial charge in [-0.3, -0.25) is 30.0 Å². The number of aromatic nitrogens is 2. The van der Waals surface area contributed by atoms with Crippen LogP contribution in [-0.4, -0.2) is 33.5 Å². The maximum absolute atomic E-state index is 12.0. The fourth-order valence-corrected chi connectivity index (χ4v) is 2.36. The lowest BCUT2D eigenvalue weighted by Gasteiger charge is -2.09. The number of hydrogen-bond acceptors (Lipinski definition) is 5. The number of aryl methyl sites for hydroxylation is 1. The Morgan fingerprint density at radius 1 is 1.12 bits per heavy atom. The van der Waals surface area contributed by atoms with Crippen LogP contribution in [0.2, 0.25) is 0 Å². The zero-order chi connectivity index (χ0) is 18.0. The molecule has 1 heterocycles. The van der Waals surface area contributed by atoms with Crippen LogP contribution in [0.4, 0.5) is 0 Å². The molecule has 3 N–H and O–H groups in total. The number of benzene rings is 1. The Bertz CT molecular complexity index is 916. The van der Waals surface area contributed by atoms with Crippen LogP contribution in [0.15, 0.2) is 29.1 Å². The SMILES string of the molecule is Cn1nc(CC(=O)NNC(=O)C(=O)NC2CC2)c2ccccc2c1=O. The second kappa shape index (κ2) is 6.71. The standard InChI is InChI=1S/C16H17N5O4/c1-21-16(25)11-5-3-2-4-10(11)12(20-21)8-13(22)18-19-15(24)14(23)17-9-6-7-9/h2-5,9H,6-8H2,1H3,(H,17,23)(H,18,22)(H,19,24). The Balaban J connectivity index is 1.66. The summed E-state index contributed by atoms with van der Waals surface area (Å²) in [4.78, 5) is 47.1. The molecule has 1 aliphatic carbocycles. The van der Waals surface area contributed by atoms with Gasteiger partial charge in [-0.15, -0.1) is 0 Å². The highest BCUT2D eigenvalue weighted by atomic mass is 16.2. The first-order valence-corrected chi connectivity index (χ1v) is 7.80. The van der Waals surface area contributed by atoms with E-state index in [0.717, 1.165) is 17.5 Å². The Kier molecular flexibility index (Phi) is 4.46. The largest absolute Gasteiger partial charge is 0.345 e. The topological polar surface area (TPSA) is 122 Å². The molecule has 0 saturated heterocycles. The van der Waals surface area contributed by atoms with Gasteiger partial charge in [-0.25, -0.2) is 4.68 Å². The summed E-state index contributed by atoms with van der Waals surface area (Å²) in [5.41, 5.74) is 4.38. The van der Waals surface area contributed by atoms with E-state index in [-0.39, 0.29) is 18.0 Å². The summed E-state index contributed by atoms with van der Waals surface area (Å²) in [6.45, 7) is 0. The average Bonchev–Trinajstić information content (AvgIpc) is 3.41. The maximum Gasteiger partial charge on any atom is 0.327 e. The molecule has 0 bridgehead atoms. The van der Waals surface area contributed by atoms with Crippen molar-refractivity contribution in [1.82, 2.24) is 25.9 Å². The van der Waals surface area contributed by atoms with Crippen LogP contribution >= 0.6 is 0 Å². The summed E-state index contributed by atoms with van der Waals surface area (Å²) in [5, 5.41) is 7.64. The minimum Gasteiger partial charge on any atom is -0.345 e. The number of carbonyl (C=O) groups is 3. The molecule has 0 atom stereocenters. The molecule has 1 fully saturated rings. The quantitative estimate of drug-likeness (QED) is 0.482. The minimum atomic E-state index is -0.932. The number of hydrogen-bond donors (Lipinski definition) is 3. The summed E-state index contributed by atoms with van der Waals surface area (Å²) >= 11 is 0. The van der Waals surface area contributed by atoms with E-state index < -0.39 is 17.7 Å². The number of hydrazine groups is 1. The predicted molar refractivity (Wildman–Crippen MR) is 88.1 cm³/mol. The van der Waals surface area contributed by atoms with Crippen molar-refractivity contribution in [3.05, 3.63) is 40.3 Å². The lowest BCUT2D eigenvalue weighted by molar-refractivity contribution is -0.140. The first kappa shape index (κ1) is 16.6. The van der Waals surface area contributed by atoms with Gasteiger partial charge in [0.1, 0.15) is 0 Å². The molecule has 0 spiro atoms. The zero-order valence-corrected chi connectivity index (χ0v) is 13.5. The first-order valence-electron chi connectivity index (χ1n) is 7.80. The Labute approximate surface area is 142 Å². The third-order valence-corrected chi connectivity index (χ3v) is 3.80. The molecular weight excluding hydrogens is 326 g/mol. The summed E-state index contributed by atoms with van der Waals surface area (Å²) < 4.78 is 1.16. The second-order valence-electron chi connectivity index (χ2n) is 5.85. The molecule has 1 aliphatic rings. The fraction of sp³-hybridized carbons (Fsp3) is 0.312. The van der Waals surface area contributed by atoms with E-state index in [2.05, 4.69) is 21.3 Å². The molecule has 0 unspecified atom stereocenters. The highest BCUT2D eigenvalue weighted by Crippen LogP contribution is 2.18. The van der Waals surface area contributed by atoms with E-state index in [1.807, 2.05) is 0 Å². The van der Waals surface area contributed by atoms with Gasteiger partial charge in [0.25, 0.3) is 5.56 Å². The summed E-state index contributed by atoms with van der Waals surface area (Å²) in [6.07, 6.45) is 1.56. The molecule has 3 amide bonds. The Morgan fingerprint density at radius 2 is 1.80 bits per heavy atom. The lowest BCUT2D eigenvalue weighted by atomic mass is 10.1. The van der Waals surface area contributed by atoms with Gasteiger partial charge in [-0.2, -0.15) is 5.10 Å². The van der Waals surface area contributed by atoms with Crippen LogP contribution < -0.4 is 21.7 Å². The molecule has 2 aromatic rings. The van der Waals surface area contributed by atoms with Crippen LogP contribution in [0.3, 0.4) is 0 Å². The average molecular weight is 343 g/mol. The van der Waals surface area contributed by atoms with E-state index in [4.69, 9.17) is 0 Å². The molecule has 1 aromatic carbocycles. The highest BCUT2D eigenvalue weighted by molar-refractivity contribution is 6.35. The molecule has 0 radical (unpaired) electrons. The van der Waals surface area contributed by atoms with Gasteiger partial charge in [0, 0.05) is 18.5 Å². The van der Waals surface area contributed by atoms with Gasteiger partial charge in [0.2, 0.25) is 5.91 Å². The molecule has 1 saturated carbocycles. The number of carbonyl (C=O) groups excluding carboxylic acids is 3. The highest BCUT2D eigenvalue weighted by Gasteiger charge is 2.26. The monoisotopic (exact) mass is 343 g/mol. The number of fused-ring (bicyclic) bond motifs is 1. The van der Waals surface area contributed by atoms with Gasteiger partial charge in [-0.1, -0.05) is 18.2 Å². The first-order chi connectivity index (χ1) is 12.0. The zero-order valence-electron chi connectivity index (χ0n) is 13.5. The van der Waals surface area contributed by atoms with Gasteiger partial charge in [0.15, 0.2) is 0 Å². The van der Waals surface area contributed by atoms with Crippen molar-refractivity contribution >= 4 is 28.5 Å². The smallest absolute Gasteiger partial charge is 0.327 e. The van der Waals surface area contributed by atoms with Gasteiger partial charge < -0.3 is 5.32 Å². The van der Waals surface area contributed by atoms with E-state index in [1.54, 1.807) is 24.3 Å². The third-order valence-electron chi connectivity index (χ3n) is 3.80. The van der Waals surface area contributed by atoms with E-state index in [1.165, 1.54) is 7.05 Å². The normalized spacial score (nSPS) is 13.3. The lowest BCUT2D eigenvalue weighted by Crippen LogP contribution is -2.49. The van der Waals surface area contributed by atoms with E-state index in [9.17, 15) is 19.2 Å². The number of amides is 3. The summed E-state index contributed by atoms with van der Waals surface area (Å²) in [7, 11) is 1.50. The van der Waals surface area contributed by atoms with Gasteiger partial charge in [-0.05, 0) is 18.9 Å². The second-order valence-corrected chi connectivity index (χ2v) is 5.85. The van der Waals surface area contributed by atoms with Crippen molar-refractivity contribution in [2.45, 2.75) is 25.3 Å². The maximum atomic E-state index is 12.0. The minimum absolute atomic E-state index is 0.0510. The van der Waals surface area contributed by atoms with Crippen LogP contribution in [0.5, 0.6) is 0 Å². The number of nitrogens with one attached hydrogen (secondary N) is 3. The summed E-state index contributed by atoms with van der Waals surface area (Å²) in [5.74, 6) is -2.27. The molecule has 9 heteroatoms. The van der Waals surface area contributed by atoms with Crippen molar-refractivity contribution < 1.29 is 14.4 Å². The Morgan fingerprint density at radius 3 is 2.48 bits per heavy atom. The van der Waals surface area contributed by atoms with Crippen molar-refractivity contribution in [2.75, 3.05) is 0 Å². The number of nitrogens with zero attached hydrogens (tertiary/aromatic N) is 2.